The summed E-state index contributed by atoms with van der Waals surface area (Å²) in [7, 11) is -4.27. The second-order valence-corrected chi connectivity index (χ2v) is 10.8. The zero-order valence-electron chi connectivity index (χ0n) is 19.2. The van der Waals surface area contributed by atoms with E-state index in [-0.39, 0.29) is 5.56 Å². The van der Waals surface area contributed by atoms with Gasteiger partial charge < -0.3 is 19.7 Å². The number of para-hydroxylation sites is 1. The van der Waals surface area contributed by atoms with E-state index in [2.05, 4.69) is 0 Å². The van der Waals surface area contributed by atoms with Crippen molar-refractivity contribution in [2.24, 2.45) is 5.92 Å². The average molecular weight is 476 g/mol. The topological polar surface area (TPSA) is 96.3 Å². The summed E-state index contributed by atoms with van der Waals surface area (Å²) in [6.45, 7) is 5.52. The number of benzene rings is 2. The van der Waals surface area contributed by atoms with Gasteiger partial charge in [0, 0.05) is 25.2 Å². The molecule has 33 heavy (non-hydrogen) atoms. The number of fused-ring (bicyclic) bond motifs is 1. The van der Waals surface area contributed by atoms with Gasteiger partial charge in [-0.2, -0.15) is 0 Å². The quantitative estimate of drug-likeness (QED) is 0.639. The molecule has 3 atom stereocenters. The SMILES string of the molecule is CCc1ccc2c(c1)C[C@@H](O)[C@H](C)N2S(=O)(=O)C(O)c1ccccc1OCC1CCOCC1. The molecule has 2 heterocycles. The first kappa shape index (κ1) is 24.0. The van der Waals surface area contributed by atoms with E-state index in [4.69, 9.17) is 9.47 Å². The fraction of sp³-hybridized carbons (Fsp3) is 0.520. The molecule has 0 radical (unpaired) electrons. The Bertz CT molecular complexity index is 1070. The summed E-state index contributed by atoms with van der Waals surface area (Å²) in [4.78, 5) is 0. The van der Waals surface area contributed by atoms with Crippen LogP contribution in [0.15, 0.2) is 42.5 Å². The predicted octanol–water partition coefficient (Wildman–Crippen LogP) is 3.19. The summed E-state index contributed by atoms with van der Waals surface area (Å²) >= 11 is 0. The number of hydrogen-bond acceptors (Lipinski definition) is 6. The molecule has 0 spiro atoms. The van der Waals surface area contributed by atoms with Crippen molar-refractivity contribution in [1.29, 1.82) is 0 Å². The molecule has 2 aliphatic heterocycles. The lowest BCUT2D eigenvalue weighted by atomic mass is 9.94. The summed E-state index contributed by atoms with van der Waals surface area (Å²) < 4.78 is 40.0. The maximum Gasteiger partial charge on any atom is 0.267 e. The molecule has 0 amide bonds. The number of aliphatic hydroxyl groups excluding tert-OH is 2. The van der Waals surface area contributed by atoms with Crippen molar-refractivity contribution in [2.75, 3.05) is 24.1 Å². The van der Waals surface area contributed by atoms with Crippen LogP contribution in [-0.2, 0) is 27.6 Å². The van der Waals surface area contributed by atoms with Gasteiger partial charge in [-0.3, -0.25) is 4.31 Å². The first-order valence-corrected chi connectivity index (χ1v) is 13.1. The number of anilines is 1. The molecule has 0 bridgehead atoms. The molecule has 7 nitrogen and oxygen atoms in total. The number of ether oxygens (including phenoxy) is 2. The zero-order chi connectivity index (χ0) is 23.6. The van der Waals surface area contributed by atoms with E-state index < -0.39 is 27.6 Å². The highest BCUT2D eigenvalue weighted by Gasteiger charge is 2.42. The largest absolute Gasteiger partial charge is 0.493 e. The first-order chi connectivity index (χ1) is 15.8. The molecular weight excluding hydrogens is 442 g/mol. The van der Waals surface area contributed by atoms with Gasteiger partial charge in [0.05, 0.1) is 24.4 Å². The third-order valence-electron chi connectivity index (χ3n) is 6.70. The summed E-state index contributed by atoms with van der Waals surface area (Å²) in [5, 5.41) is 21.8. The van der Waals surface area contributed by atoms with Gasteiger partial charge in [-0.1, -0.05) is 37.3 Å². The van der Waals surface area contributed by atoms with E-state index in [1.54, 1.807) is 37.3 Å². The lowest BCUT2D eigenvalue weighted by Gasteiger charge is -2.40. The van der Waals surface area contributed by atoms with Crippen LogP contribution in [0.4, 0.5) is 5.69 Å². The van der Waals surface area contributed by atoms with E-state index in [0.29, 0.717) is 43.6 Å². The number of aliphatic hydroxyl groups is 2. The zero-order valence-corrected chi connectivity index (χ0v) is 20.0. The second kappa shape index (κ2) is 10.0. The Morgan fingerprint density at radius 3 is 2.64 bits per heavy atom. The second-order valence-electron chi connectivity index (χ2n) is 8.93. The van der Waals surface area contributed by atoms with Crippen LogP contribution in [0.5, 0.6) is 5.75 Å². The van der Waals surface area contributed by atoms with Crippen molar-refractivity contribution in [2.45, 2.75) is 57.1 Å². The van der Waals surface area contributed by atoms with Crippen molar-refractivity contribution in [3.05, 3.63) is 59.2 Å². The molecule has 2 aromatic rings. The van der Waals surface area contributed by atoms with E-state index in [9.17, 15) is 18.6 Å². The Labute approximate surface area is 196 Å². The van der Waals surface area contributed by atoms with E-state index >= 15 is 0 Å². The van der Waals surface area contributed by atoms with Crippen LogP contribution in [0.25, 0.3) is 0 Å². The van der Waals surface area contributed by atoms with Crippen LogP contribution in [-0.4, -0.2) is 50.6 Å². The molecule has 0 saturated carbocycles. The molecule has 2 aromatic carbocycles. The molecule has 1 unspecified atom stereocenters. The Morgan fingerprint density at radius 1 is 1.18 bits per heavy atom. The number of aryl methyl sites for hydroxylation is 1. The van der Waals surface area contributed by atoms with Gasteiger partial charge in [0.1, 0.15) is 5.75 Å². The molecular formula is C25H33NO6S. The smallest absolute Gasteiger partial charge is 0.267 e. The van der Waals surface area contributed by atoms with Crippen molar-refractivity contribution < 1.29 is 28.1 Å². The summed E-state index contributed by atoms with van der Waals surface area (Å²) in [6.07, 6.45) is 2.10. The van der Waals surface area contributed by atoms with Crippen LogP contribution in [0.1, 0.15) is 48.8 Å². The lowest BCUT2D eigenvalue weighted by Crippen LogP contribution is -2.51. The Hall–Kier alpha value is -2.13. The molecule has 180 valence electrons. The van der Waals surface area contributed by atoms with Crippen molar-refractivity contribution in [3.8, 4) is 5.75 Å². The van der Waals surface area contributed by atoms with Crippen LogP contribution >= 0.6 is 0 Å². The van der Waals surface area contributed by atoms with Gasteiger partial charge >= 0.3 is 0 Å². The minimum absolute atomic E-state index is 0.198. The van der Waals surface area contributed by atoms with Crippen molar-refractivity contribution in [3.63, 3.8) is 0 Å². The van der Waals surface area contributed by atoms with Crippen LogP contribution in [0, 0.1) is 5.92 Å². The maximum absolute atomic E-state index is 13.7. The minimum Gasteiger partial charge on any atom is -0.493 e. The van der Waals surface area contributed by atoms with Crippen LogP contribution < -0.4 is 9.04 Å². The highest BCUT2D eigenvalue weighted by atomic mass is 32.2. The monoisotopic (exact) mass is 475 g/mol. The van der Waals surface area contributed by atoms with Gasteiger partial charge in [-0.05, 0) is 55.4 Å². The van der Waals surface area contributed by atoms with Gasteiger partial charge in [-0.15, -0.1) is 0 Å². The third kappa shape index (κ3) is 4.89. The molecule has 1 saturated heterocycles. The predicted molar refractivity (Wildman–Crippen MR) is 127 cm³/mol. The molecule has 8 heteroatoms. The molecule has 0 aromatic heterocycles. The van der Waals surface area contributed by atoms with E-state index in [1.807, 2.05) is 19.1 Å². The maximum atomic E-state index is 13.7. The fourth-order valence-corrected chi connectivity index (χ4v) is 6.37. The Kier molecular flexibility index (Phi) is 7.28. The number of nitrogens with zero attached hydrogens (tertiary/aromatic N) is 1. The van der Waals surface area contributed by atoms with E-state index in [0.717, 1.165) is 30.4 Å². The number of sulfonamides is 1. The highest BCUT2D eigenvalue weighted by Crippen LogP contribution is 2.39. The summed E-state index contributed by atoms with van der Waals surface area (Å²) in [6, 6.07) is 11.6. The number of rotatable bonds is 7. The average Bonchev–Trinajstić information content (AvgIpc) is 2.83. The van der Waals surface area contributed by atoms with Gasteiger partial charge in [0.15, 0.2) is 0 Å². The van der Waals surface area contributed by atoms with Gasteiger partial charge in [-0.25, -0.2) is 8.42 Å². The van der Waals surface area contributed by atoms with Gasteiger partial charge in [0.25, 0.3) is 10.0 Å². The summed E-state index contributed by atoms with van der Waals surface area (Å²) in [5.41, 5.74) is 0.711. The molecule has 0 aliphatic carbocycles. The lowest BCUT2D eigenvalue weighted by molar-refractivity contribution is 0.0493. The van der Waals surface area contributed by atoms with Crippen LogP contribution in [0.2, 0.25) is 0 Å². The highest BCUT2D eigenvalue weighted by molar-refractivity contribution is 7.92. The van der Waals surface area contributed by atoms with Crippen molar-refractivity contribution >= 4 is 15.7 Å². The third-order valence-corrected chi connectivity index (χ3v) is 8.60. The first-order valence-electron chi connectivity index (χ1n) is 11.6. The Morgan fingerprint density at radius 2 is 1.91 bits per heavy atom. The van der Waals surface area contributed by atoms with Crippen molar-refractivity contribution in [1.82, 2.24) is 0 Å². The Balaban J connectivity index is 1.64. The van der Waals surface area contributed by atoms with E-state index in [1.165, 1.54) is 4.31 Å². The standard InChI is InChI=1S/C25H33NO6S/c1-3-18-8-9-22-20(14-18)15-23(27)17(2)26(22)33(29,30)25(28)21-6-4-5-7-24(21)32-16-19-10-12-31-13-11-19/h4-9,14,17,19,23,25,27-28H,3,10-13,15-16H2,1-2H3/t17-,23+,25?/m0/s1. The minimum atomic E-state index is -4.27. The number of hydrogen-bond donors (Lipinski definition) is 2. The van der Waals surface area contributed by atoms with Crippen LogP contribution in [0.3, 0.4) is 0 Å². The van der Waals surface area contributed by atoms with Gasteiger partial charge in [0.2, 0.25) is 5.44 Å². The molecule has 2 N–H and O–H groups in total. The molecule has 2 aliphatic rings. The molecule has 4 rings (SSSR count). The molecule has 1 fully saturated rings. The summed E-state index contributed by atoms with van der Waals surface area (Å²) in [5.74, 6) is 0.685. The normalized spacial score (nSPS) is 22.6. The fourth-order valence-electron chi connectivity index (χ4n) is 4.58.